The highest BCUT2D eigenvalue weighted by molar-refractivity contribution is 5.73. The maximum absolute atomic E-state index is 11.3. The normalized spacial score (nSPS) is 11.2. The van der Waals surface area contributed by atoms with Gasteiger partial charge in [0, 0.05) is 20.6 Å². The lowest BCUT2D eigenvalue weighted by atomic mass is 9.82. The van der Waals surface area contributed by atoms with Crippen molar-refractivity contribution in [1.29, 1.82) is 0 Å². The molecule has 0 heterocycles. The molecule has 3 N–H and O–H groups in total. The molecular formula is C10H23N3O. The molecule has 2 amide bonds. The van der Waals surface area contributed by atoms with Gasteiger partial charge in [-0.2, -0.15) is 0 Å². The summed E-state index contributed by atoms with van der Waals surface area (Å²) >= 11 is 0. The molecule has 0 aliphatic rings. The first-order chi connectivity index (χ1) is 6.51. The van der Waals surface area contributed by atoms with Crippen molar-refractivity contribution in [2.75, 3.05) is 27.2 Å². The van der Waals surface area contributed by atoms with Crippen LogP contribution in [0, 0.1) is 5.41 Å². The number of rotatable bonds is 5. The van der Waals surface area contributed by atoms with Crippen LogP contribution in [0.2, 0.25) is 0 Å². The van der Waals surface area contributed by atoms with Crippen LogP contribution in [0.15, 0.2) is 0 Å². The van der Waals surface area contributed by atoms with Gasteiger partial charge < -0.3 is 16.0 Å². The Balaban J connectivity index is 4.12. The van der Waals surface area contributed by atoms with E-state index in [0.717, 1.165) is 12.8 Å². The molecule has 0 aliphatic carbocycles. The van der Waals surface area contributed by atoms with Crippen molar-refractivity contribution in [3.05, 3.63) is 0 Å². The standard InChI is InChI=1S/C10H23N3O/c1-5-10(6-2,7-11)8-12-9(14)13(3)4/h5-8,11H2,1-4H3,(H,12,14). The van der Waals surface area contributed by atoms with Crippen LogP contribution in [0.1, 0.15) is 26.7 Å². The number of nitrogens with one attached hydrogen (secondary N) is 1. The minimum absolute atomic E-state index is 0.0512. The zero-order valence-electron chi connectivity index (χ0n) is 9.76. The van der Waals surface area contributed by atoms with Gasteiger partial charge in [-0.25, -0.2) is 4.79 Å². The topological polar surface area (TPSA) is 58.4 Å². The number of carbonyl (C=O) groups excluding carboxylic acids is 1. The van der Waals surface area contributed by atoms with E-state index < -0.39 is 0 Å². The lowest BCUT2D eigenvalue weighted by Gasteiger charge is -2.30. The van der Waals surface area contributed by atoms with Gasteiger partial charge in [0.15, 0.2) is 0 Å². The first kappa shape index (κ1) is 13.2. The van der Waals surface area contributed by atoms with Crippen molar-refractivity contribution in [2.45, 2.75) is 26.7 Å². The highest BCUT2D eigenvalue weighted by Crippen LogP contribution is 2.23. The maximum atomic E-state index is 11.3. The van der Waals surface area contributed by atoms with E-state index in [0.29, 0.717) is 13.1 Å². The second-order valence-corrected chi connectivity index (χ2v) is 3.96. The molecule has 0 aromatic carbocycles. The van der Waals surface area contributed by atoms with Crippen LogP contribution in [0.3, 0.4) is 0 Å². The molecule has 84 valence electrons. The Kier molecular flexibility index (Phi) is 5.53. The molecule has 0 saturated heterocycles. The third kappa shape index (κ3) is 3.54. The fourth-order valence-electron chi connectivity index (χ4n) is 1.28. The molecule has 0 aliphatic heterocycles. The Morgan fingerprint density at radius 3 is 2.14 bits per heavy atom. The summed E-state index contributed by atoms with van der Waals surface area (Å²) in [6.45, 7) is 5.50. The first-order valence-electron chi connectivity index (χ1n) is 5.16. The molecule has 0 rings (SSSR count). The molecule has 0 aromatic heterocycles. The lowest BCUT2D eigenvalue weighted by Crippen LogP contribution is -2.44. The third-order valence-electron chi connectivity index (χ3n) is 2.95. The van der Waals surface area contributed by atoms with Gasteiger partial charge in [0.25, 0.3) is 0 Å². The van der Waals surface area contributed by atoms with Gasteiger partial charge >= 0.3 is 6.03 Å². The van der Waals surface area contributed by atoms with Gasteiger partial charge in [0.1, 0.15) is 0 Å². The van der Waals surface area contributed by atoms with Crippen molar-refractivity contribution >= 4 is 6.03 Å². The van der Waals surface area contributed by atoms with Crippen LogP contribution in [-0.2, 0) is 0 Å². The zero-order valence-corrected chi connectivity index (χ0v) is 9.76. The average molecular weight is 201 g/mol. The quantitative estimate of drug-likeness (QED) is 0.698. The summed E-state index contributed by atoms with van der Waals surface area (Å²) in [4.78, 5) is 12.8. The van der Waals surface area contributed by atoms with Crippen molar-refractivity contribution in [3.8, 4) is 0 Å². The van der Waals surface area contributed by atoms with Gasteiger partial charge in [-0.05, 0) is 24.8 Å². The van der Waals surface area contributed by atoms with Crippen LogP contribution in [0.4, 0.5) is 4.79 Å². The third-order valence-corrected chi connectivity index (χ3v) is 2.95. The van der Waals surface area contributed by atoms with Crippen molar-refractivity contribution < 1.29 is 4.79 Å². The molecule has 4 heteroatoms. The van der Waals surface area contributed by atoms with Crippen molar-refractivity contribution in [1.82, 2.24) is 10.2 Å². The molecule has 0 radical (unpaired) electrons. The molecule has 0 bridgehead atoms. The van der Waals surface area contributed by atoms with E-state index in [4.69, 9.17) is 5.73 Å². The Morgan fingerprint density at radius 1 is 1.36 bits per heavy atom. The molecule has 0 unspecified atom stereocenters. The number of hydrogen-bond acceptors (Lipinski definition) is 2. The molecule has 0 saturated carbocycles. The fraction of sp³-hybridized carbons (Fsp3) is 0.900. The summed E-state index contributed by atoms with van der Waals surface area (Å²) < 4.78 is 0. The first-order valence-corrected chi connectivity index (χ1v) is 5.16. The number of amides is 2. The number of urea groups is 1. The summed E-state index contributed by atoms with van der Waals surface area (Å²) in [5.41, 5.74) is 5.79. The van der Waals surface area contributed by atoms with E-state index in [9.17, 15) is 4.79 Å². The van der Waals surface area contributed by atoms with Crippen LogP contribution < -0.4 is 11.1 Å². The summed E-state index contributed by atoms with van der Waals surface area (Å²) in [6, 6.07) is -0.0512. The second kappa shape index (κ2) is 5.86. The van der Waals surface area contributed by atoms with E-state index in [2.05, 4.69) is 19.2 Å². The summed E-state index contributed by atoms with van der Waals surface area (Å²) in [5, 5.41) is 2.88. The highest BCUT2D eigenvalue weighted by atomic mass is 16.2. The van der Waals surface area contributed by atoms with Gasteiger partial charge in [-0.15, -0.1) is 0 Å². The van der Waals surface area contributed by atoms with Crippen LogP contribution in [0.5, 0.6) is 0 Å². The van der Waals surface area contributed by atoms with E-state index in [1.54, 1.807) is 14.1 Å². The van der Waals surface area contributed by atoms with E-state index in [1.807, 2.05) is 0 Å². The monoisotopic (exact) mass is 201 g/mol. The second-order valence-electron chi connectivity index (χ2n) is 3.96. The smallest absolute Gasteiger partial charge is 0.316 e. The van der Waals surface area contributed by atoms with Gasteiger partial charge in [0.2, 0.25) is 0 Å². The Bertz CT molecular complexity index is 168. The molecule has 0 aromatic rings. The molecule has 0 fully saturated rings. The minimum Gasteiger partial charge on any atom is -0.337 e. The van der Waals surface area contributed by atoms with Crippen molar-refractivity contribution in [3.63, 3.8) is 0 Å². The molecule has 0 spiro atoms. The summed E-state index contributed by atoms with van der Waals surface area (Å²) in [5.74, 6) is 0. The van der Waals surface area contributed by atoms with Crippen molar-refractivity contribution in [2.24, 2.45) is 11.1 Å². The Labute approximate surface area is 86.8 Å². The van der Waals surface area contributed by atoms with E-state index in [-0.39, 0.29) is 11.4 Å². The minimum atomic E-state index is -0.0512. The van der Waals surface area contributed by atoms with Gasteiger partial charge in [-0.3, -0.25) is 0 Å². The number of nitrogens with two attached hydrogens (primary N) is 1. The average Bonchev–Trinajstić information content (AvgIpc) is 2.20. The number of nitrogens with zero attached hydrogens (tertiary/aromatic N) is 1. The van der Waals surface area contributed by atoms with Crippen LogP contribution >= 0.6 is 0 Å². The number of hydrogen-bond donors (Lipinski definition) is 2. The highest BCUT2D eigenvalue weighted by Gasteiger charge is 2.24. The number of carbonyl (C=O) groups is 1. The molecule has 4 nitrogen and oxygen atoms in total. The summed E-state index contributed by atoms with van der Waals surface area (Å²) in [6.07, 6.45) is 1.99. The van der Waals surface area contributed by atoms with E-state index >= 15 is 0 Å². The SMILES string of the molecule is CCC(CC)(CN)CNC(=O)N(C)C. The predicted molar refractivity (Wildman–Crippen MR) is 59.2 cm³/mol. The van der Waals surface area contributed by atoms with Gasteiger partial charge in [0.05, 0.1) is 0 Å². The largest absolute Gasteiger partial charge is 0.337 e. The molecule has 0 atom stereocenters. The zero-order chi connectivity index (χ0) is 11.2. The molecular weight excluding hydrogens is 178 g/mol. The van der Waals surface area contributed by atoms with Gasteiger partial charge in [-0.1, -0.05) is 13.8 Å². The Hall–Kier alpha value is -0.770. The fourth-order valence-corrected chi connectivity index (χ4v) is 1.28. The van der Waals surface area contributed by atoms with E-state index in [1.165, 1.54) is 4.90 Å². The lowest BCUT2D eigenvalue weighted by molar-refractivity contribution is 0.202. The predicted octanol–water partition coefficient (Wildman–Crippen LogP) is 1.02. The van der Waals surface area contributed by atoms with Crippen LogP contribution in [-0.4, -0.2) is 38.1 Å². The summed E-state index contributed by atoms with van der Waals surface area (Å²) in [7, 11) is 3.47. The Morgan fingerprint density at radius 2 is 1.86 bits per heavy atom. The van der Waals surface area contributed by atoms with Crippen LogP contribution in [0.25, 0.3) is 0 Å². The molecule has 14 heavy (non-hydrogen) atoms. The maximum Gasteiger partial charge on any atom is 0.316 e.